The number of nitrogens with zero attached hydrogens (tertiary/aromatic N) is 1. The van der Waals surface area contributed by atoms with Crippen molar-refractivity contribution in [2.45, 2.75) is 64.9 Å². The van der Waals surface area contributed by atoms with Gasteiger partial charge in [-0.05, 0) is 40.0 Å². The molecule has 3 N–H and O–H groups in total. The van der Waals surface area contributed by atoms with Crippen LogP contribution in [0.5, 0.6) is 0 Å². The Morgan fingerprint density at radius 3 is 2.00 bits per heavy atom. The van der Waals surface area contributed by atoms with Gasteiger partial charge in [0.25, 0.3) is 0 Å². The quantitative estimate of drug-likeness (QED) is 0.133. The Balaban J connectivity index is 0. The van der Waals surface area contributed by atoms with Gasteiger partial charge in [0.05, 0.1) is 7.11 Å². The third-order valence-corrected chi connectivity index (χ3v) is 3.37. The van der Waals surface area contributed by atoms with Gasteiger partial charge < -0.3 is 25.4 Å². The van der Waals surface area contributed by atoms with Crippen LogP contribution in [0.4, 0.5) is 4.79 Å². The Labute approximate surface area is 180 Å². The average Bonchev–Trinajstić information content (AvgIpc) is 2.56. The van der Waals surface area contributed by atoms with E-state index in [1.165, 1.54) is 7.11 Å². The summed E-state index contributed by atoms with van der Waals surface area (Å²) >= 11 is 0. The summed E-state index contributed by atoms with van der Waals surface area (Å²) in [6.45, 7) is 7.58. The van der Waals surface area contributed by atoms with E-state index >= 15 is 0 Å². The molecule has 160 valence electrons. The Morgan fingerprint density at radius 2 is 1.44 bits per heavy atom. The summed E-state index contributed by atoms with van der Waals surface area (Å²) < 4.78 is 9.77. The van der Waals surface area contributed by atoms with Crippen LogP contribution in [-0.2, 0) is 14.3 Å². The molecule has 0 aromatic carbocycles. The average molecular weight is 500 g/mol. The maximum absolute atomic E-state index is 11.5. The number of hydrogen-bond acceptors (Lipinski definition) is 5. The molecule has 9 heteroatoms. The monoisotopic (exact) mass is 500 g/mol. The number of esters is 1. The zero-order chi connectivity index (χ0) is 19.8. The molecule has 0 aromatic rings. The number of rotatable bonds is 11. The smallest absolute Gasteiger partial charge is 0.407 e. The van der Waals surface area contributed by atoms with Crippen molar-refractivity contribution in [1.82, 2.24) is 16.0 Å². The normalized spacial score (nSPS) is 11.2. The van der Waals surface area contributed by atoms with Crippen LogP contribution in [-0.4, -0.2) is 57.4 Å². The molecule has 0 spiro atoms. The molecular formula is C18H37IN4O4. The van der Waals surface area contributed by atoms with Gasteiger partial charge in [0, 0.05) is 33.1 Å². The van der Waals surface area contributed by atoms with Crippen molar-refractivity contribution in [2.24, 2.45) is 4.99 Å². The van der Waals surface area contributed by atoms with Gasteiger partial charge in [-0.1, -0.05) is 12.8 Å². The molecule has 0 heterocycles. The fourth-order valence-corrected chi connectivity index (χ4v) is 2.08. The highest BCUT2D eigenvalue weighted by molar-refractivity contribution is 14.0. The third kappa shape index (κ3) is 19.3. The minimum Gasteiger partial charge on any atom is -0.469 e. The molecule has 0 atom stereocenters. The van der Waals surface area contributed by atoms with E-state index in [-0.39, 0.29) is 29.9 Å². The number of nitrogens with one attached hydrogen (secondary N) is 3. The number of unbranched alkanes of at least 4 members (excludes halogenated alkanes) is 3. The second-order valence-corrected chi connectivity index (χ2v) is 6.95. The maximum Gasteiger partial charge on any atom is 0.407 e. The van der Waals surface area contributed by atoms with E-state index in [0.29, 0.717) is 19.5 Å². The highest BCUT2D eigenvalue weighted by Crippen LogP contribution is 2.06. The lowest BCUT2D eigenvalue weighted by atomic mass is 10.1. The van der Waals surface area contributed by atoms with Gasteiger partial charge in [-0.2, -0.15) is 0 Å². The summed E-state index contributed by atoms with van der Waals surface area (Å²) in [7, 11) is 3.14. The zero-order valence-corrected chi connectivity index (χ0v) is 19.7. The van der Waals surface area contributed by atoms with Gasteiger partial charge in [0.1, 0.15) is 5.60 Å². The molecule has 0 rings (SSSR count). The number of guanidine groups is 1. The number of halogens is 1. The van der Waals surface area contributed by atoms with E-state index in [0.717, 1.165) is 44.6 Å². The molecular weight excluding hydrogens is 463 g/mol. The summed E-state index contributed by atoms with van der Waals surface area (Å²) in [5.41, 5.74) is -0.479. The van der Waals surface area contributed by atoms with Gasteiger partial charge in [-0.3, -0.25) is 9.79 Å². The number of carbonyl (C=O) groups excluding carboxylic acids is 2. The predicted molar refractivity (Wildman–Crippen MR) is 119 cm³/mol. The SMILES string of the molecule is CN=C(NCCCCCCC(=O)OC)NCCCNC(=O)OC(C)(C)C.I. The molecule has 0 radical (unpaired) electrons. The molecule has 8 nitrogen and oxygen atoms in total. The summed E-state index contributed by atoms with van der Waals surface area (Å²) in [6.07, 6.45) is 4.82. The van der Waals surface area contributed by atoms with E-state index in [1.54, 1.807) is 7.05 Å². The fourth-order valence-electron chi connectivity index (χ4n) is 2.08. The van der Waals surface area contributed by atoms with Crippen molar-refractivity contribution in [3.05, 3.63) is 0 Å². The first-order valence-electron chi connectivity index (χ1n) is 9.26. The molecule has 0 aliphatic carbocycles. The van der Waals surface area contributed by atoms with E-state index in [1.807, 2.05) is 20.8 Å². The Morgan fingerprint density at radius 1 is 0.889 bits per heavy atom. The van der Waals surface area contributed by atoms with E-state index < -0.39 is 11.7 Å². The summed E-state index contributed by atoms with van der Waals surface area (Å²) in [4.78, 5) is 26.6. The van der Waals surface area contributed by atoms with E-state index in [4.69, 9.17) is 4.74 Å². The lowest BCUT2D eigenvalue weighted by Crippen LogP contribution is -2.39. The second-order valence-electron chi connectivity index (χ2n) is 6.95. The molecule has 1 amide bonds. The van der Waals surface area contributed by atoms with Gasteiger partial charge >= 0.3 is 12.1 Å². The molecule has 0 unspecified atom stereocenters. The molecule has 27 heavy (non-hydrogen) atoms. The molecule has 0 saturated heterocycles. The maximum atomic E-state index is 11.5. The minimum absolute atomic E-state index is 0. The number of carbonyl (C=O) groups is 2. The lowest BCUT2D eigenvalue weighted by molar-refractivity contribution is -0.140. The van der Waals surface area contributed by atoms with Gasteiger partial charge in [-0.25, -0.2) is 4.79 Å². The van der Waals surface area contributed by atoms with Crippen molar-refractivity contribution in [2.75, 3.05) is 33.8 Å². The predicted octanol–water partition coefficient (Wildman–Crippen LogP) is 2.81. The summed E-state index contributed by atoms with van der Waals surface area (Å²) in [6, 6.07) is 0. The molecule has 0 fully saturated rings. The largest absolute Gasteiger partial charge is 0.469 e. The molecule has 0 aliphatic rings. The topological polar surface area (TPSA) is 101 Å². The van der Waals surface area contributed by atoms with Crippen LogP contribution in [0, 0.1) is 0 Å². The Kier molecular flexibility index (Phi) is 17.5. The summed E-state index contributed by atoms with van der Waals surface area (Å²) in [5.74, 6) is 0.603. The Bertz CT molecular complexity index is 440. The van der Waals surface area contributed by atoms with Crippen LogP contribution in [0.1, 0.15) is 59.3 Å². The second kappa shape index (κ2) is 16.9. The highest BCUT2D eigenvalue weighted by Gasteiger charge is 2.15. The zero-order valence-electron chi connectivity index (χ0n) is 17.4. The summed E-state index contributed by atoms with van der Waals surface area (Å²) in [5, 5.41) is 9.17. The van der Waals surface area contributed by atoms with E-state index in [9.17, 15) is 9.59 Å². The van der Waals surface area contributed by atoms with Crippen molar-refractivity contribution in [3.8, 4) is 0 Å². The third-order valence-electron chi connectivity index (χ3n) is 3.37. The minimum atomic E-state index is -0.479. The molecule has 0 aliphatic heterocycles. The number of aliphatic imine (C=N–C) groups is 1. The number of ether oxygens (including phenoxy) is 2. The van der Waals surface area contributed by atoms with Crippen molar-refractivity contribution >= 4 is 42.0 Å². The van der Waals surface area contributed by atoms with Crippen molar-refractivity contribution in [1.29, 1.82) is 0 Å². The Hall–Kier alpha value is -1.26. The first-order valence-corrected chi connectivity index (χ1v) is 9.26. The number of amides is 1. The lowest BCUT2D eigenvalue weighted by Gasteiger charge is -2.19. The molecule has 0 bridgehead atoms. The highest BCUT2D eigenvalue weighted by atomic mass is 127. The number of hydrogen-bond donors (Lipinski definition) is 3. The van der Waals surface area contributed by atoms with Crippen molar-refractivity contribution < 1.29 is 19.1 Å². The molecule has 0 aromatic heterocycles. The van der Waals surface area contributed by atoms with Gasteiger partial charge in [0.15, 0.2) is 5.96 Å². The van der Waals surface area contributed by atoms with Crippen LogP contribution in [0.3, 0.4) is 0 Å². The number of alkyl carbamates (subject to hydrolysis) is 1. The fraction of sp³-hybridized carbons (Fsp3) is 0.833. The van der Waals surface area contributed by atoms with Gasteiger partial charge in [-0.15, -0.1) is 24.0 Å². The molecule has 0 saturated carbocycles. The van der Waals surface area contributed by atoms with Crippen LogP contribution in [0.25, 0.3) is 0 Å². The van der Waals surface area contributed by atoms with Crippen molar-refractivity contribution in [3.63, 3.8) is 0 Å². The van der Waals surface area contributed by atoms with Crippen LogP contribution < -0.4 is 16.0 Å². The first kappa shape index (κ1) is 28.0. The number of methoxy groups -OCH3 is 1. The first-order chi connectivity index (χ1) is 12.3. The van der Waals surface area contributed by atoms with E-state index in [2.05, 4.69) is 25.7 Å². The standard InChI is InChI=1S/C18H36N4O4.HI/c1-18(2,3)26-17(24)22-14-10-13-21-16(19-4)20-12-9-7-6-8-11-15(23)25-5;/h6-14H2,1-5H3,(H,22,24)(H2,19,20,21);1H. The van der Waals surface area contributed by atoms with Crippen LogP contribution in [0.15, 0.2) is 4.99 Å². The van der Waals surface area contributed by atoms with Crippen LogP contribution >= 0.6 is 24.0 Å². The van der Waals surface area contributed by atoms with Gasteiger partial charge in [0.2, 0.25) is 0 Å². The van der Waals surface area contributed by atoms with Crippen LogP contribution in [0.2, 0.25) is 0 Å².